The molecule has 0 amide bonds. The second-order valence-electron chi connectivity index (χ2n) is 6.50. The van der Waals surface area contributed by atoms with Crippen LogP contribution in [0.3, 0.4) is 0 Å². The van der Waals surface area contributed by atoms with E-state index in [0.717, 1.165) is 0 Å². The maximum atomic E-state index is 12.0. The first-order valence-electron chi connectivity index (χ1n) is 8.46. The van der Waals surface area contributed by atoms with Crippen molar-refractivity contribution in [1.29, 1.82) is 0 Å². The highest BCUT2D eigenvalue weighted by molar-refractivity contribution is 5.87. The van der Waals surface area contributed by atoms with Gasteiger partial charge in [0.25, 0.3) is 0 Å². The average Bonchev–Trinajstić information content (AvgIpc) is 2.51. The van der Waals surface area contributed by atoms with Gasteiger partial charge in [0.2, 0.25) is 0 Å². The molecule has 0 radical (unpaired) electrons. The molecule has 4 atom stereocenters. The zero-order valence-electron chi connectivity index (χ0n) is 15.0. The molecule has 0 aliphatic heterocycles. The van der Waals surface area contributed by atoms with Crippen LogP contribution in [-0.4, -0.2) is 36.7 Å². The van der Waals surface area contributed by atoms with Crippen molar-refractivity contribution >= 4 is 17.9 Å². The Bertz CT molecular complexity index is 484. The fourth-order valence-corrected chi connectivity index (χ4v) is 2.58. The van der Waals surface area contributed by atoms with Gasteiger partial charge in [0.05, 0.1) is 6.42 Å². The minimum atomic E-state index is -0.530. The molecular weight excluding hydrogens is 312 g/mol. The summed E-state index contributed by atoms with van der Waals surface area (Å²) in [5.74, 6) is -0.517. The molecular formula is C18H28O6. The van der Waals surface area contributed by atoms with Gasteiger partial charge in [0.15, 0.2) is 0 Å². The summed E-state index contributed by atoms with van der Waals surface area (Å²) in [6.45, 7) is 10.9. The monoisotopic (exact) mass is 340 g/mol. The van der Waals surface area contributed by atoms with Gasteiger partial charge in [-0.1, -0.05) is 27.4 Å². The number of esters is 3. The molecule has 3 unspecified atom stereocenters. The van der Waals surface area contributed by atoms with Gasteiger partial charge in [-0.3, -0.25) is 9.59 Å². The molecule has 0 aromatic heterocycles. The smallest absolute Gasteiger partial charge is 0.333 e. The van der Waals surface area contributed by atoms with Gasteiger partial charge >= 0.3 is 17.9 Å². The van der Waals surface area contributed by atoms with Crippen LogP contribution in [0.2, 0.25) is 0 Å². The molecule has 1 rings (SSSR count). The third kappa shape index (κ3) is 6.34. The molecule has 0 N–H and O–H groups in total. The number of carbonyl (C=O) groups is 3. The summed E-state index contributed by atoms with van der Waals surface area (Å²) in [5, 5.41) is 0. The van der Waals surface area contributed by atoms with Gasteiger partial charge in [0.1, 0.15) is 18.8 Å². The summed E-state index contributed by atoms with van der Waals surface area (Å²) < 4.78 is 15.8. The van der Waals surface area contributed by atoms with E-state index in [1.165, 1.54) is 6.92 Å². The molecule has 0 saturated heterocycles. The van der Waals surface area contributed by atoms with Crippen molar-refractivity contribution in [3.05, 3.63) is 12.2 Å². The van der Waals surface area contributed by atoms with Gasteiger partial charge < -0.3 is 14.2 Å². The Morgan fingerprint density at radius 2 is 1.50 bits per heavy atom. The SMILES string of the molecule is C=C(C)C(=O)OCCC(=O)OC1CC(C)[C@@H](C)CC1OC(=O)CC. The Kier molecular flexibility index (Phi) is 7.95. The van der Waals surface area contributed by atoms with E-state index >= 15 is 0 Å². The van der Waals surface area contributed by atoms with E-state index in [9.17, 15) is 14.4 Å². The molecule has 0 heterocycles. The molecule has 136 valence electrons. The number of carbonyl (C=O) groups excluding carboxylic acids is 3. The third-order valence-electron chi connectivity index (χ3n) is 4.34. The lowest BCUT2D eigenvalue weighted by molar-refractivity contribution is -0.176. The first kappa shape index (κ1) is 20.2. The molecule has 0 aromatic carbocycles. The Morgan fingerprint density at radius 3 is 1.96 bits per heavy atom. The fourth-order valence-electron chi connectivity index (χ4n) is 2.58. The summed E-state index contributed by atoms with van der Waals surface area (Å²) in [5.41, 5.74) is 0.282. The van der Waals surface area contributed by atoms with Gasteiger partial charge in [-0.2, -0.15) is 0 Å². The highest BCUT2D eigenvalue weighted by atomic mass is 16.6. The number of rotatable bonds is 7. The average molecular weight is 340 g/mol. The topological polar surface area (TPSA) is 78.9 Å². The number of ether oxygens (including phenoxy) is 3. The molecule has 0 aromatic rings. The minimum Gasteiger partial charge on any atom is -0.462 e. The van der Waals surface area contributed by atoms with Crippen molar-refractivity contribution in [2.24, 2.45) is 11.8 Å². The minimum absolute atomic E-state index is 0.0338. The number of hydrogen-bond donors (Lipinski definition) is 0. The predicted molar refractivity (Wildman–Crippen MR) is 88.0 cm³/mol. The maximum Gasteiger partial charge on any atom is 0.333 e. The molecule has 0 spiro atoms. The zero-order chi connectivity index (χ0) is 18.3. The zero-order valence-corrected chi connectivity index (χ0v) is 15.0. The van der Waals surface area contributed by atoms with E-state index in [2.05, 4.69) is 20.4 Å². The maximum absolute atomic E-state index is 12.0. The van der Waals surface area contributed by atoms with Crippen LogP contribution < -0.4 is 0 Å². The molecule has 0 bridgehead atoms. The van der Waals surface area contributed by atoms with E-state index in [-0.39, 0.29) is 31.0 Å². The van der Waals surface area contributed by atoms with Gasteiger partial charge in [0, 0.05) is 12.0 Å². The highest BCUT2D eigenvalue weighted by Crippen LogP contribution is 2.33. The molecule has 1 fully saturated rings. The van der Waals surface area contributed by atoms with Crippen molar-refractivity contribution in [2.45, 2.75) is 65.6 Å². The van der Waals surface area contributed by atoms with Crippen LogP contribution in [-0.2, 0) is 28.6 Å². The number of hydrogen-bond acceptors (Lipinski definition) is 6. The summed E-state index contributed by atoms with van der Waals surface area (Å²) in [4.78, 5) is 34.8. The van der Waals surface area contributed by atoms with Gasteiger partial charge in [-0.15, -0.1) is 0 Å². The van der Waals surface area contributed by atoms with Gasteiger partial charge in [-0.05, 0) is 31.6 Å². The Morgan fingerprint density at radius 1 is 1.00 bits per heavy atom. The summed E-state index contributed by atoms with van der Waals surface area (Å²) >= 11 is 0. The highest BCUT2D eigenvalue weighted by Gasteiger charge is 2.37. The van der Waals surface area contributed by atoms with E-state index in [1.807, 2.05) is 0 Å². The van der Waals surface area contributed by atoms with E-state index in [0.29, 0.717) is 24.7 Å². The van der Waals surface area contributed by atoms with Crippen LogP contribution in [0.5, 0.6) is 0 Å². The quantitative estimate of drug-likeness (QED) is 0.403. The fraction of sp³-hybridized carbons (Fsp3) is 0.722. The van der Waals surface area contributed by atoms with Crippen molar-refractivity contribution in [1.82, 2.24) is 0 Å². The summed E-state index contributed by atoms with van der Waals surface area (Å²) in [6, 6.07) is 0. The van der Waals surface area contributed by atoms with Crippen LogP contribution >= 0.6 is 0 Å². The lowest BCUT2D eigenvalue weighted by atomic mass is 9.78. The van der Waals surface area contributed by atoms with Crippen LogP contribution in [0.15, 0.2) is 12.2 Å². The van der Waals surface area contributed by atoms with Crippen LogP contribution in [0.4, 0.5) is 0 Å². The Balaban J connectivity index is 2.53. The summed E-state index contributed by atoms with van der Waals surface area (Å²) in [6.07, 6.45) is 0.725. The van der Waals surface area contributed by atoms with Crippen molar-refractivity contribution in [2.75, 3.05) is 6.61 Å². The normalized spacial score (nSPS) is 26.3. The molecule has 1 saturated carbocycles. The second kappa shape index (κ2) is 9.45. The first-order valence-corrected chi connectivity index (χ1v) is 8.46. The lowest BCUT2D eigenvalue weighted by Gasteiger charge is -2.37. The largest absolute Gasteiger partial charge is 0.462 e. The molecule has 24 heavy (non-hydrogen) atoms. The van der Waals surface area contributed by atoms with Crippen molar-refractivity contribution in [3.8, 4) is 0 Å². The molecule has 1 aliphatic carbocycles. The van der Waals surface area contributed by atoms with Gasteiger partial charge in [-0.25, -0.2) is 4.79 Å². The Labute approximate surface area is 143 Å². The second-order valence-corrected chi connectivity index (χ2v) is 6.50. The third-order valence-corrected chi connectivity index (χ3v) is 4.34. The van der Waals surface area contributed by atoms with Crippen molar-refractivity contribution in [3.63, 3.8) is 0 Å². The van der Waals surface area contributed by atoms with E-state index in [4.69, 9.17) is 14.2 Å². The van der Waals surface area contributed by atoms with Crippen LogP contribution in [0.25, 0.3) is 0 Å². The molecule has 6 heteroatoms. The first-order chi connectivity index (χ1) is 11.2. The van der Waals surface area contributed by atoms with Crippen LogP contribution in [0.1, 0.15) is 53.4 Å². The Hall–Kier alpha value is -1.85. The lowest BCUT2D eigenvalue weighted by Crippen LogP contribution is -2.43. The standard InChI is InChI=1S/C18H28O6/c1-6-16(19)23-14-9-12(4)13(5)10-15(14)24-17(20)7-8-22-18(21)11(2)3/h12-15H,2,6-10H2,1,3-5H3/t12-,13?,14?,15?/m0/s1. The summed E-state index contributed by atoms with van der Waals surface area (Å²) in [7, 11) is 0. The van der Waals surface area contributed by atoms with Crippen LogP contribution in [0, 0.1) is 11.8 Å². The molecule has 1 aliphatic rings. The van der Waals surface area contributed by atoms with Crippen molar-refractivity contribution < 1.29 is 28.6 Å². The van der Waals surface area contributed by atoms with E-state index in [1.54, 1.807) is 6.92 Å². The molecule has 6 nitrogen and oxygen atoms in total. The van der Waals surface area contributed by atoms with E-state index < -0.39 is 24.1 Å². The predicted octanol–water partition coefficient (Wildman–Crippen LogP) is 2.80.